The summed E-state index contributed by atoms with van der Waals surface area (Å²) in [4.78, 5) is 26.3. The quantitative estimate of drug-likeness (QED) is 0.797. The Hall–Kier alpha value is -1.37. The average Bonchev–Trinajstić information content (AvgIpc) is 2.27. The van der Waals surface area contributed by atoms with Crippen LogP contribution in [0.2, 0.25) is 10.3 Å². The molecule has 1 heterocycles. The highest BCUT2D eigenvalue weighted by Gasteiger charge is 2.22. The Bertz CT molecular complexity index is 467. The number of nitrogens with one attached hydrogen (secondary N) is 1. The summed E-state index contributed by atoms with van der Waals surface area (Å²) >= 11 is 11.3. The van der Waals surface area contributed by atoms with E-state index >= 15 is 0 Å². The van der Waals surface area contributed by atoms with Crippen LogP contribution in [0.1, 0.15) is 10.4 Å². The summed E-state index contributed by atoms with van der Waals surface area (Å²) in [5.41, 5.74) is 0.0448. The number of carbonyl (C=O) groups excluding carboxylic acids is 1. The average molecular weight is 293 g/mol. The molecule has 0 bridgehead atoms. The van der Waals surface area contributed by atoms with E-state index in [1.54, 1.807) is 0 Å². The van der Waals surface area contributed by atoms with Crippen molar-refractivity contribution in [1.82, 2.24) is 10.3 Å². The molecule has 98 valence electrons. The molecule has 0 fully saturated rings. The summed E-state index contributed by atoms with van der Waals surface area (Å²) in [6, 6.07) is 1.59. The maximum atomic E-state index is 11.8. The van der Waals surface area contributed by atoms with Gasteiger partial charge in [-0.05, 0) is 12.1 Å². The van der Waals surface area contributed by atoms with Crippen molar-refractivity contribution in [3.8, 4) is 0 Å². The number of ether oxygens (including phenoxy) is 1. The minimum absolute atomic E-state index is 0.0448. The number of hydrogen-bond acceptors (Lipinski definition) is 4. The first-order valence-electron chi connectivity index (χ1n) is 4.80. The Morgan fingerprint density at radius 1 is 1.50 bits per heavy atom. The van der Waals surface area contributed by atoms with Crippen molar-refractivity contribution in [3.63, 3.8) is 0 Å². The Morgan fingerprint density at radius 2 is 2.17 bits per heavy atom. The van der Waals surface area contributed by atoms with Gasteiger partial charge in [-0.25, -0.2) is 9.78 Å². The third-order valence-corrected chi connectivity index (χ3v) is 2.49. The summed E-state index contributed by atoms with van der Waals surface area (Å²) in [7, 11) is 1.33. The van der Waals surface area contributed by atoms with Gasteiger partial charge in [-0.15, -0.1) is 0 Å². The van der Waals surface area contributed by atoms with Crippen molar-refractivity contribution in [2.24, 2.45) is 0 Å². The van der Waals surface area contributed by atoms with Gasteiger partial charge in [0.25, 0.3) is 5.91 Å². The lowest BCUT2D eigenvalue weighted by Gasteiger charge is -2.13. The predicted octanol–water partition coefficient (Wildman–Crippen LogP) is 1.22. The molecule has 1 aromatic rings. The molecule has 1 aromatic heterocycles. The van der Waals surface area contributed by atoms with Gasteiger partial charge in [-0.2, -0.15) is 0 Å². The first-order chi connectivity index (χ1) is 8.45. The summed E-state index contributed by atoms with van der Waals surface area (Å²) in [6.07, 6.45) is 0. The fourth-order valence-electron chi connectivity index (χ4n) is 1.16. The maximum absolute atomic E-state index is 11.8. The van der Waals surface area contributed by atoms with Crippen LogP contribution >= 0.6 is 23.2 Å². The Labute approximate surface area is 113 Å². The molecule has 0 aliphatic rings. The number of aromatic nitrogens is 1. The number of carboxylic acids is 1. The molecule has 0 saturated heterocycles. The summed E-state index contributed by atoms with van der Waals surface area (Å²) in [5.74, 6) is -1.86. The van der Waals surface area contributed by atoms with Crippen LogP contribution < -0.4 is 5.32 Å². The Kier molecular flexibility index (Phi) is 5.33. The third-order valence-electron chi connectivity index (χ3n) is 2.00. The van der Waals surface area contributed by atoms with Gasteiger partial charge in [0.2, 0.25) is 0 Å². The third kappa shape index (κ3) is 3.83. The highest BCUT2D eigenvalue weighted by molar-refractivity contribution is 6.34. The summed E-state index contributed by atoms with van der Waals surface area (Å²) in [5, 5.41) is 11.2. The van der Waals surface area contributed by atoms with Crippen LogP contribution in [-0.2, 0) is 9.53 Å². The molecule has 1 amide bonds. The van der Waals surface area contributed by atoms with Crippen molar-refractivity contribution < 1.29 is 19.4 Å². The molecule has 1 unspecified atom stereocenters. The molecular weight excluding hydrogens is 283 g/mol. The van der Waals surface area contributed by atoms with Gasteiger partial charge in [0.15, 0.2) is 6.04 Å². The van der Waals surface area contributed by atoms with E-state index in [1.165, 1.54) is 19.2 Å². The van der Waals surface area contributed by atoms with Crippen LogP contribution in [-0.4, -0.2) is 41.7 Å². The first kappa shape index (κ1) is 14.7. The molecule has 0 aromatic carbocycles. The lowest BCUT2D eigenvalue weighted by Crippen LogP contribution is -2.43. The van der Waals surface area contributed by atoms with Gasteiger partial charge in [0.05, 0.1) is 12.2 Å². The number of amides is 1. The molecule has 0 spiro atoms. The number of halogens is 2. The normalized spacial score (nSPS) is 11.9. The molecule has 6 nitrogen and oxygen atoms in total. The predicted molar refractivity (Wildman–Crippen MR) is 65.0 cm³/mol. The molecule has 1 rings (SSSR count). The van der Waals surface area contributed by atoms with E-state index < -0.39 is 17.9 Å². The van der Waals surface area contributed by atoms with Crippen LogP contribution in [0.25, 0.3) is 0 Å². The number of pyridine rings is 1. The first-order valence-corrected chi connectivity index (χ1v) is 5.56. The Morgan fingerprint density at radius 3 is 2.67 bits per heavy atom. The largest absolute Gasteiger partial charge is 0.480 e. The monoisotopic (exact) mass is 292 g/mol. The number of hydrogen-bond donors (Lipinski definition) is 2. The highest BCUT2D eigenvalue weighted by Crippen LogP contribution is 2.16. The van der Waals surface area contributed by atoms with E-state index in [1.807, 2.05) is 0 Å². The lowest BCUT2D eigenvalue weighted by molar-refractivity contribution is -0.140. The van der Waals surface area contributed by atoms with E-state index in [-0.39, 0.29) is 22.5 Å². The van der Waals surface area contributed by atoms with Crippen molar-refractivity contribution in [3.05, 3.63) is 28.0 Å². The maximum Gasteiger partial charge on any atom is 0.328 e. The van der Waals surface area contributed by atoms with E-state index in [0.29, 0.717) is 0 Å². The van der Waals surface area contributed by atoms with Crippen LogP contribution in [0.15, 0.2) is 12.1 Å². The zero-order chi connectivity index (χ0) is 13.7. The molecule has 0 saturated carbocycles. The summed E-state index contributed by atoms with van der Waals surface area (Å²) < 4.78 is 4.69. The van der Waals surface area contributed by atoms with E-state index in [2.05, 4.69) is 15.0 Å². The summed E-state index contributed by atoms with van der Waals surface area (Å²) in [6.45, 7) is -0.153. The second-order valence-electron chi connectivity index (χ2n) is 3.29. The Balaban J connectivity index is 2.83. The van der Waals surface area contributed by atoms with Crippen molar-refractivity contribution in [2.45, 2.75) is 6.04 Å². The molecule has 0 aliphatic carbocycles. The van der Waals surface area contributed by atoms with E-state index in [0.717, 1.165) is 0 Å². The zero-order valence-electron chi connectivity index (χ0n) is 9.31. The molecule has 8 heteroatoms. The number of nitrogens with zero attached hydrogens (tertiary/aromatic N) is 1. The van der Waals surface area contributed by atoms with Crippen LogP contribution in [0.3, 0.4) is 0 Å². The van der Waals surface area contributed by atoms with E-state index in [9.17, 15) is 9.59 Å². The fourth-order valence-corrected chi connectivity index (χ4v) is 1.59. The molecule has 2 N–H and O–H groups in total. The van der Waals surface area contributed by atoms with Gasteiger partial charge in [-0.3, -0.25) is 4.79 Å². The molecule has 18 heavy (non-hydrogen) atoms. The smallest absolute Gasteiger partial charge is 0.328 e. The van der Waals surface area contributed by atoms with Gasteiger partial charge < -0.3 is 15.2 Å². The number of carbonyl (C=O) groups is 2. The molecule has 1 atom stereocenters. The van der Waals surface area contributed by atoms with Crippen molar-refractivity contribution in [2.75, 3.05) is 13.7 Å². The molecule has 0 aliphatic heterocycles. The van der Waals surface area contributed by atoms with Crippen LogP contribution in [0.5, 0.6) is 0 Å². The number of rotatable bonds is 5. The zero-order valence-corrected chi connectivity index (χ0v) is 10.8. The number of carboxylic acid groups (broad SMARTS) is 1. The van der Waals surface area contributed by atoms with Crippen molar-refractivity contribution in [1.29, 1.82) is 0 Å². The van der Waals surface area contributed by atoms with E-state index in [4.69, 9.17) is 28.3 Å². The standard InChI is InChI=1S/C10H10Cl2N2O4/c1-18-4-6(10(16)17)13-9(15)5-2-3-7(11)14-8(5)12/h2-3,6H,4H2,1H3,(H,13,15)(H,16,17). The number of methoxy groups -OCH3 is 1. The van der Waals surface area contributed by atoms with Crippen LogP contribution in [0.4, 0.5) is 0 Å². The topological polar surface area (TPSA) is 88.5 Å². The molecular formula is C10H10Cl2N2O4. The van der Waals surface area contributed by atoms with Crippen molar-refractivity contribution >= 4 is 35.1 Å². The lowest BCUT2D eigenvalue weighted by atomic mass is 10.2. The van der Waals surface area contributed by atoms with Gasteiger partial charge >= 0.3 is 5.97 Å². The molecule has 0 radical (unpaired) electrons. The minimum Gasteiger partial charge on any atom is -0.480 e. The van der Waals surface area contributed by atoms with Gasteiger partial charge in [-0.1, -0.05) is 23.2 Å². The minimum atomic E-state index is -1.21. The van der Waals surface area contributed by atoms with Gasteiger partial charge in [0, 0.05) is 7.11 Å². The highest BCUT2D eigenvalue weighted by atomic mass is 35.5. The number of aliphatic carboxylic acids is 1. The van der Waals surface area contributed by atoms with Gasteiger partial charge in [0.1, 0.15) is 10.3 Å². The van der Waals surface area contributed by atoms with Crippen LogP contribution in [0, 0.1) is 0 Å². The second-order valence-corrected chi connectivity index (χ2v) is 4.04. The second kappa shape index (κ2) is 6.53. The fraction of sp³-hybridized carbons (Fsp3) is 0.300. The SMILES string of the molecule is COCC(NC(=O)c1ccc(Cl)nc1Cl)C(=O)O.